The topological polar surface area (TPSA) is 52.8 Å². The Labute approximate surface area is 157 Å². The van der Waals surface area contributed by atoms with Gasteiger partial charge in [-0.1, -0.05) is 13.8 Å². The molecule has 0 fully saturated rings. The third-order valence-corrected chi connectivity index (χ3v) is 4.09. The third kappa shape index (κ3) is 6.23. The van der Waals surface area contributed by atoms with Gasteiger partial charge in [-0.2, -0.15) is 0 Å². The van der Waals surface area contributed by atoms with E-state index in [9.17, 15) is 4.79 Å². The second-order valence-electron chi connectivity index (χ2n) is 5.51. The predicted octanol–water partition coefficient (Wildman–Crippen LogP) is 2.91. The Morgan fingerprint density at radius 2 is 1.75 bits per heavy atom. The van der Waals surface area contributed by atoms with Gasteiger partial charge in [0.15, 0.2) is 0 Å². The fourth-order valence-electron chi connectivity index (χ4n) is 2.63. The summed E-state index contributed by atoms with van der Waals surface area (Å²) in [5, 5.41) is 0. The van der Waals surface area contributed by atoms with E-state index in [-0.39, 0.29) is 30.7 Å². The standard InChI is InChI=1S/C17H26N4O.2ClH/c1-3-19(4-2)10-5-11-20-12-13-21(14-20)16-8-6-15(7-9-16)17(18)22;;/h6-9,12-13H,3-5,10-11,14H2,1-2H3,(H2,18,22);2*1H. The van der Waals surface area contributed by atoms with Gasteiger partial charge in [-0.05, 0) is 50.3 Å². The van der Waals surface area contributed by atoms with Gasteiger partial charge < -0.3 is 20.4 Å². The number of hydrogen-bond donors (Lipinski definition) is 1. The first-order valence-electron chi connectivity index (χ1n) is 7.95. The molecule has 5 nitrogen and oxygen atoms in total. The second-order valence-corrected chi connectivity index (χ2v) is 5.51. The first-order chi connectivity index (χ1) is 10.6. The van der Waals surface area contributed by atoms with Crippen LogP contribution in [0.5, 0.6) is 0 Å². The van der Waals surface area contributed by atoms with Crippen molar-refractivity contribution >= 4 is 36.4 Å². The van der Waals surface area contributed by atoms with Crippen molar-refractivity contribution in [1.29, 1.82) is 0 Å². The summed E-state index contributed by atoms with van der Waals surface area (Å²) in [4.78, 5) is 18.0. The van der Waals surface area contributed by atoms with Crippen LogP contribution in [-0.2, 0) is 0 Å². The molecule has 1 aromatic rings. The summed E-state index contributed by atoms with van der Waals surface area (Å²) >= 11 is 0. The van der Waals surface area contributed by atoms with Crippen molar-refractivity contribution in [2.45, 2.75) is 20.3 Å². The van der Waals surface area contributed by atoms with E-state index in [0.29, 0.717) is 5.56 Å². The summed E-state index contributed by atoms with van der Waals surface area (Å²) in [6.07, 6.45) is 5.38. The number of carbonyl (C=O) groups is 1. The molecule has 0 bridgehead atoms. The Morgan fingerprint density at radius 3 is 2.29 bits per heavy atom. The maximum absolute atomic E-state index is 11.1. The SMILES string of the molecule is CCN(CC)CCCN1C=CN(c2ccc(C(N)=O)cc2)C1.Cl.Cl. The minimum absolute atomic E-state index is 0. The Kier molecular flexibility index (Phi) is 10.5. The monoisotopic (exact) mass is 374 g/mol. The van der Waals surface area contributed by atoms with Gasteiger partial charge in [0.05, 0.1) is 6.67 Å². The molecule has 24 heavy (non-hydrogen) atoms. The van der Waals surface area contributed by atoms with Crippen molar-refractivity contribution < 1.29 is 4.79 Å². The van der Waals surface area contributed by atoms with Crippen molar-refractivity contribution in [1.82, 2.24) is 9.80 Å². The fraction of sp³-hybridized carbons (Fsp3) is 0.471. The van der Waals surface area contributed by atoms with Gasteiger partial charge in [0.25, 0.3) is 0 Å². The van der Waals surface area contributed by atoms with Gasteiger partial charge in [0.2, 0.25) is 5.91 Å². The molecule has 2 N–H and O–H groups in total. The number of anilines is 1. The van der Waals surface area contributed by atoms with Crippen LogP contribution in [0.15, 0.2) is 36.7 Å². The molecule has 136 valence electrons. The highest BCUT2D eigenvalue weighted by Gasteiger charge is 2.14. The average Bonchev–Trinajstić information content (AvgIpc) is 3.00. The van der Waals surface area contributed by atoms with Crippen LogP contribution in [0.3, 0.4) is 0 Å². The molecule has 1 aliphatic rings. The van der Waals surface area contributed by atoms with E-state index in [1.54, 1.807) is 12.1 Å². The highest BCUT2D eigenvalue weighted by molar-refractivity contribution is 5.93. The zero-order chi connectivity index (χ0) is 15.9. The van der Waals surface area contributed by atoms with Crippen molar-refractivity contribution in [2.75, 3.05) is 37.7 Å². The molecule has 0 unspecified atom stereocenters. The first-order valence-corrected chi connectivity index (χ1v) is 7.95. The zero-order valence-electron chi connectivity index (χ0n) is 14.4. The quantitative estimate of drug-likeness (QED) is 0.759. The number of hydrogen-bond acceptors (Lipinski definition) is 4. The van der Waals surface area contributed by atoms with E-state index in [2.05, 4.69) is 40.9 Å². The van der Waals surface area contributed by atoms with Crippen LogP contribution in [0, 0.1) is 0 Å². The van der Waals surface area contributed by atoms with E-state index in [4.69, 9.17) is 5.73 Å². The lowest BCUT2D eigenvalue weighted by molar-refractivity contribution is 0.100. The average molecular weight is 375 g/mol. The van der Waals surface area contributed by atoms with E-state index in [1.165, 1.54) is 6.42 Å². The molecule has 1 aliphatic heterocycles. The number of carbonyl (C=O) groups excluding carboxylic acids is 1. The normalized spacial score (nSPS) is 13.0. The summed E-state index contributed by atoms with van der Waals surface area (Å²) in [5.41, 5.74) is 6.88. The van der Waals surface area contributed by atoms with Crippen molar-refractivity contribution in [2.24, 2.45) is 5.73 Å². The molecule has 0 saturated carbocycles. The van der Waals surface area contributed by atoms with Crippen LogP contribution in [0.2, 0.25) is 0 Å². The van der Waals surface area contributed by atoms with Crippen LogP contribution in [0.25, 0.3) is 0 Å². The van der Waals surface area contributed by atoms with Gasteiger partial charge in [0, 0.05) is 30.2 Å². The number of rotatable bonds is 8. The van der Waals surface area contributed by atoms with E-state index >= 15 is 0 Å². The van der Waals surface area contributed by atoms with Crippen molar-refractivity contribution in [3.05, 3.63) is 42.2 Å². The van der Waals surface area contributed by atoms with E-state index in [0.717, 1.165) is 38.5 Å². The van der Waals surface area contributed by atoms with Crippen molar-refractivity contribution in [3.8, 4) is 0 Å². The largest absolute Gasteiger partial charge is 0.366 e. The molecule has 7 heteroatoms. The highest BCUT2D eigenvalue weighted by atomic mass is 35.5. The molecule has 2 rings (SSSR count). The molecular formula is C17H28Cl2N4O. The van der Waals surface area contributed by atoms with Crippen LogP contribution in [0.1, 0.15) is 30.6 Å². The minimum atomic E-state index is -0.387. The lowest BCUT2D eigenvalue weighted by Gasteiger charge is -2.23. The molecule has 1 amide bonds. The molecule has 0 radical (unpaired) electrons. The van der Waals surface area contributed by atoms with Gasteiger partial charge in [-0.3, -0.25) is 4.79 Å². The van der Waals surface area contributed by atoms with Gasteiger partial charge in [-0.25, -0.2) is 0 Å². The Balaban J connectivity index is 0.00000264. The molecule has 0 saturated heterocycles. The van der Waals surface area contributed by atoms with Crippen LogP contribution < -0.4 is 10.6 Å². The van der Waals surface area contributed by atoms with Gasteiger partial charge >= 0.3 is 0 Å². The molecule has 1 aromatic carbocycles. The van der Waals surface area contributed by atoms with E-state index < -0.39 is 0 Å². The Bertz CT molecular complexity index is 518. The summed E-state index contributed by atoms with van der Waals surface area (Å²) in [6.45, 7) is 9.70. The fourth-order valence-corrected chi connectivity index (χ4v) is 2.63. The second kappa shape index (κ2) is 11.2. The molecule has 0 spiro atoms. The number of amides is 1. The molecule has 0 atom stereocenters. The third-order valence-electron chi connectivity index (χ3n) is 4.09. The molecule has 1 heterocycles. The molecule has 0 aromatic heterocycles. The molecule has 0 aliphatic carbocycles. The lowest BCUT2D eigenvalue weighted by Crippen LogP contribution is -2.29. The Morgan fingerprint density at radius 1 is 1.12 bits per heavy atom. The molecular weight excluding hydrogens is 347 g/mol. The summed E-state index contributed by atoms with van der Waals surface area (Å²) in [6, 6.07) is 7.41. The number of nitrogens with two attached hydrogens (primary N) is 1. The van der Waals surface area contributed by atoms with Gasteiger partial charge in [-0.15, -0.1) is 24.8 Å². The summed E-state index contributed by atoms with van der Waals surface area (Å²) < 4.78 is 0. The number of halogens is 2. The minimum Gasteiger partial charge on any atom is -0.366 e. The van der Waals surface area contributed by atoms with Crippen LogP contribution in [-0.4, -0.2) is 48.6 Å². The number of nitrogens with zero attached hydrogens (tertiary/aromatic N) is 3. The number of primary amides is 1. The van der Waals surface area contributed by atoms with Crippen molar-refractivity contribution in [3.63, 3.8) is 0 Å². The Hall–Kier alpha value is -1.43. The maximum atomic E-state index is 11.1. The van der Waals surface area contributed by atoms with E-state index in [1.807, 2.05) is 12.1 Å². The smallest absolute Gasteiger partial charge is 0.248 e. The van der Waals surface area contributed by atoms with Crippen LogP contribution >= 0.6 is 24.8 Å². The first kappa shape index (κ1) is 22.6. The number of benzene rings is 1. The summed E-state index contributed by atoms with van der Waals surface area (Å²) in [5.74, 6) is -0.387. The highest BCUT2D eigenvalue weighted by Crippen LogP contribution is 2.20. The van der Waals surface area contributed by atoms with Crippen LogP contribution in [0.4, 0.5) is 5.69 Å². The maximum Gasteiger partial charge on any atom is 0.248 e. The zero-order valence-corrected chi connectivity index (χ0v) is 16.0. The lowest BCUT2D eigenvalue weighted by atomic mass is 10.2. The summed E-state index contributed by atoms with van der Waals surface area (Å²) in [7, 11) is 0. The predicted molar refractivity (Wildman–Crippen MR) is 105 cm³/mol. The van der Waals surface area contributed by atoms with Gasteiger partial charge in [0.1, 0.15) is 0 Å².